The van der Waals surface area contributed by atoms with Crippen molar-refractivity contribution in [2.45, 2.75) is 39.7 Å². The molecule has 0 spiro atoms. The fourth-order valence-corrected chi connectivity index (χ4v) is 1.88. The Balaban J connectivity index is 2.80. The third-order valence-electron chi connectivity index (χ3n) is 2.95. The zero-order valence-electron chi connectivity index (χ0n) is 12.1. The summed E-state index contributed by atoms with van der Waals surface area (Å²) in [4.78, 5) is 11.1. The van der Waals surface area contributed by atoms with E-state index in [0.717, 1.165) is 16.9 Å². The van der Waals surface area contributed by atoms with Gasteiger partial charge in [-0.2, -0.15) is 0 Å². The summed E-state index contributed by atoms with van der Waals surface area (Å²) in [6, 6.07) is 5.37. The second kappa shape index (κ2) is 7.14. The molecule has 0 fully saturated rings. The maximum Gasteiger partial charge on any atom is 0.324 e. The van der Waals surface area contributed by atoms with Crippen LogP contribution in [0.1, 0.15) is 37.8 Å². The lowest BCUT2D eigenvalue weighted by Crippen LogP contribution is -2.41. The molecule has 0 aromatic heterocycles. The summed E-state index contributed by atoms with van der Waals surface area (Å²) in [5.41, 5.74) is 2.21. The van der Waals surface area contributed by atoms with Crippen molar-refractivity contribution >= 4 is 5.97 Å². The number of benzene rings is 1. The van der Waals surface area contributed by atoms with Crippen molar-refractivity contribution < 1.29 is 14.6 Å². The summed E-state index contributed by atoms with van der Waals surface area (Å²) >= 11 is 0. The van der Waals surface area contributed by atoms with Gasteiger partial charge in [-0.25, -0.2) is 0 Å². The van der Waals surface area contributed by atoms with E-state index in [1.54, 1.807) is 0 Å². The summed E-state index contributed by atoms with van der Waals surface area (Å²) < 4.78 is 5.71. The number of rotatable bonds is 7. The van der Waals surface area contributed by atoms with E-state index in [-0.39, 0.29) is 6.61 Å². The van der Waals surface area contributed by atoms with Crippen molar-refractivity contribution in [3.05, 3.63) is 29.3 Å². The molecule has 0 aliphatic heterocycles. The minimum Gasteiger partial charge on any atom is -0.491 e. The SMILES string of the molecule is CCNC(COc1cc(C)ccc1C(C)C)C(=O)O. The lowest BCUT2D eigenvalue weighted by molar-refractivity contribution is -0.140. The van der Waals surface area contributed by atoms with Gasteiger partial charge in [-0.15, -0.1) is 0 Å². The fourth-order valence-electron chi connectivity index (χ4n) is 1.88. The van der Waals surface area contributed by atoms with Crippen LogP contribution in [0.25, 0.3) is 0 Å². The van der Waals surface area contributed by atoms with Crippen molar-refractivity contribution in [3.8, 4) is 5.75 Å². The molecule has 0 radical (unpaired) electrons. The number of ether oxygens (including phenoxy) is 1. The maximum absolute atomic E-state index is 11.1. The van der Waals surface area contributed by atoms with Gasteiger partial charge in [-0.1, -0.05) is 32.9 Å². The molecular formula is C15H23NO3. The first-order valence-corrected chi connectivity index (χ1v) is 6.65. The Hall–Kier alpha value is -1.55. The standard InChI is InChI=1S/C15H23NO3/c1-5-16-13(15(17)18)9-19-14-8-11(4)6-7-12(14)10(2)3/h6-8,10,13,16H,5,9H2,1-4H3,(H,17,18). The van der Waals surface area contributed by atoms with E-state index in [4.69, 9.17) is 9.84 Å². The Morgan fingerprint density at radius 2 is 2.11 bits per heavy atom. The van der Waals surface area contributed by atoms with E-state index < -0.39 is 12.0 Å². The van der Waals surface area contributed by atoms with Crippen LogP contribution in [0.3, 0.4) is 0 Å². The number of aliphatic carboxylic acids is 1. The van der Waals surface area contributed by atoms with E-state index in [2.05, 4.69) is 19.2 Å². The van der Waals surface area contributed by atoms with Gasteiger partial charge in [-0.05, 0) is 36.6 Å². The molecule has 1 atom stereocenters. The molecule has 1 unspecified atom stereocenters. The third-order valence-corrected chi connectivity index (χ3v) is 2.95. The highest BCUT2D eigenvalue weighted by atomic mass is 16.5. The largest absolute Gasteiger partial charge is 0.491 e. The number of hydrogen-bond acceptors (Lipinski definition) is 3. The van der Waals surface area contributed by atoms with Gasteiger partial charge in [0.2, 0.25) is 0 Å². The lowest BCUT2D eigenvalue weighted by Gasteiger charge is -2.18. The first kappa shape index (κ1) is 15.5. The van der Waals surface area contributed by atoms with Crippen LogP contribution in [0.5, 0.6) is 5.75 Å². The first-order chi connectivity index (χ1) is 8.95. The van der Waals surface area contributed by atoms with Gasteiger partial charge in [0.05, 0.1) is 0 Å². The van der Waals surface area contributed by atoms with E-state index >= 15 is 0 Å². The molecule has 4 nitrogen and oxygen atoms in total. The van der Waals surface area contributed by atoms with E-state index in [1.165, 1.54) is 0 Å². The quantitative estimate of drug-likeness (QED) is 0.795. The zero-order chi connectivity index (χ0) is 14.4. The van der Waals surface area contributed by atoms with Crippen LogP contribution in [0.4, 0.5) is 0 Å². The fraction of sp³-hybridized carbons (Fsp3) is 0.533. The maximum atomic E-state index is 11.1. The number of carbonyl (C=O) groups is 1. The molecule has 1 aromatic rings. The minimum absolute atomic E-state index is 0.131. The molecule has 0 saturated heterocycles. The van der Waals surface area contributed by atoms with Crippen LogP contribution in [0.2, 0.25) is 0 Å². The first-order valence-electron chi connectivity index (χ1n) is 6.65. The summed E-state index contributed by atoms with van der Waals surface area (Å²) in [5.74, 6) is 0.234. The van der Waals surface area contributed by atoms with Gasteiger partial charge < -0.3 is 15.2 Å². The van der Waals surface area contributed by atoms with Crippen LogP contribution >= 0.6 is 0 Å². The Labute approximate surface area is 114 Å². The second-order valence-corrected chi connectivity index (χ2v) is 4.96. The van der Waals surface area contributed by atoms with Gasteiger partial charge in [0.1, 0.15) is 18.4 Å². The molecule has 1 rings (SSSR count). The van der Waals surface area contributed by atoms with E-state index in [0.29, 0.717) is 12.5 Å². The Kier molecular flexibility index (Phi) is 5.83. The van der Waals surface area contributed by atoms with Crippen LogP contribution in [-0.2, 0) is 4.79 Å². The average Bonchev–Trinajstić information content (AvgIpc) is 2.33. The van der Waals surface area contributed by atoms with Crippen LogP contribution in [0, 0.1) is 6.92 Å². The van der Waals surface area contributed by atoms with Crippen LogP contribution < -0.4 is 10.1 Å². The molecule has 4 heteroatoms. The van der Waals surface area contributed by atoms with Crippen molar-refractivity contribution in [2.75, 3.05) is 13.2 Å². The Morgan fingerprint density at radius 1 is 1.42 bits per heavy atom. The predicted molar refractivity (Wildman–Crippen MR) is 75.9 cm³/mol. The highest BCUT2D eigenvalue weighted by Crippen LogP contribution is 2.27. The average molecular weight is 265 g/mol. The van der Waals surface area contributed by atoms with Gasteiger partial charge in [0.25, 0.3) is 0 Å². The molecule has 106 valence electrons. The molecule has 2 N–H and O–H groups in total. The molecule has 0 aliphatic rings. The number of likely N-dealkylation sites (N-methyl/N-ethyl adjacent to an activating group) is 1. The van der Waals surface area contributed by atoms with E-state index in [9.17, 15) is 4.79 Å². The Morgan fingerprint density at radius 3 is 2.63 bits per heavy atom. The summed E-state index contributed by atoms with van der Waals surface area (Å²) in [5, 5.41) is 12.0. The van der Waals surface area contributed by atoms with Gasteiger partial charge in [0.15, 0.2) is 0 Å². The number of hydrogen-bond donors (Lipinski definition) is 2. The monoisotopic (exact) mass is 265 g/mol. The molecule has 0 saturated carbocycles. The van der Waals surface area contributed by atoms with Crippen molar-refractivity contribution in [2.24, 2.45) is 0 Å². The molecule has 0 heterocycles. The number of carboxylic acids is 1. The normalized spacial score (nSPS) is 12.5. The smallest absolute Gasteiger partial charge is 0.324 e. The summed E-state index contributed by atoms with van der Waals surface area (Å²) in [7, 11) is 0. The van der Waals surface area contributed by atoms with Crippen LogP contribution in [-0.4, -0.2) is 30.3 Å². The highest BCUT2D eigenvalue weighted by molar-refractivity contribution is 5.73. The van der Waals surface area contributed by atoms with Gasteiger partial charge in [-0.3, -0.25) is 4.79 Å². The molecule has 0 amide bonds. The van der Waals surface area contributed by atoms with Crippen molar-refractivity contribution in [1.82, 2.24) is 5.32 Å². The number of aryl methyl sites for hydroxylation is 1. The summed E-state index contributed by atoms with van der Waals surface area (Å²) in [6.45, 7) is 8.79. The Bertz CT molecular complexity index is 429. The summed E-state index contributed by atoms with van der Waals surface area (Å²) in [6.07, 6.45) is 0. The van der Waals surface area contributed by atoms with E-state index in [1.807, 2.05) is 32.0 Å². The topological polar surface area (TPSA) is 58.6 Å². The molecule has 0 bridgehead atoms. The highest BCUT2D eigenvalue weighted by Gasteiger charge is 2.18. The molecular weight excluding hydrogens is 242 g/mol. The lowest BCUT2D eigenvalue weighted by atomic mass is 10.0. The third kappa shape index (κ3) is 4.56. The molecule has 0 aliphatic carbocycles. The predicted octanol–water partition coefficient (Wildman–Crippen LogP) is 2.56. The van der Waals surface area contributed by atoms with Crippen LogP contribution in [0.15, 0.2) is 18.2 Å². The zero-order valence-corrected chi connectivity index (χ0v) is 12.1. The minimum atomic E-state index is -0.888. The number of nitrogens with one attached hydrogen (secondary N) is 1. The molecule has 1 aromatic carbocycles. The van der Waals surface area contributed by atoms with Gasteiger partial charge >= 0.3 is 5.97 Å². The molecule has 19 heavy (non-hydrogen) atoms. The van der Waals surface area contributed by atoms with Crippen molar-refractivity contribution in [3.63, 3.8) is 0 Å². The second-order valence-electron chi connectivity index (χ2n) is 4.96. The number of carboxylic acid groups (broad SMARTS) is 1. The van der Waals surface area contributed by atoms with Gasteiger partial charge in [0, 0.05) is 0 Å². The van der Waals surface area contributed by atoms with Crippen molar-refractivity contribution in [1.29, 1.82) is 0 Å².